The van der Waals surface area contributed by atoms with Gasteiger partial charge in [0.05, 0.1) is 13.0 Å². The summed E-state index contributed by atoms with van der Waals surface area (Å²) in [5.74, 6) is -0.150. The average Bonchev–Trinajstić information content (AvgIpc) is 2.27. The van der Waals surface area contributed by atoms with Gasteiger partial charge in [0, 0.05) is 0 Å². The zero-order valence-electron chi connectivity index (χ0n) is 12.2. The molecule has 1 aliphatic carbocycles. The predicted octanol–water partition coefficient (Wildman–Crippen LogP) is 4.27. The van der Waals surface area contributed by atoms with Gasteiger partial charge >= 0.3 is 5.97 Å². The highest BCUT2D eigenvalue weighted by atomic mass is 16.5. The zero-order chi connectivity index (χ0) is 13.8. The van der Waals surface area contributed by atoms with Crippen LogP contribution in [-0.2, 0) is 9.53 Å². The minimum absolute atomic E-state index is 0.0430. The van der Waals surface area contributed by atoms with Gasteiger partial charge in [0.25, 0.3) is 0 Å². The molecule has 0 amide bonds. The number of carbonyl (C=O) groups excluding carboxylic acids is 1. The Bertz CT molecular complexity index is 354. The first kappa shape index (κ1) is 15.0. The van der Waals surface area contributed by atoms with Crippen molar-refractivity contribution in [2.75, 3.05) is 7.11 Å². The highest BCUT2D eigenvalue weighted by molar-refractivity contribution is 5.76. The van der Waals surface area contributed by atoms with E-state index in [9.17, 15) is 4.79 Å². The second-order valence-electron chi connectivity index (χ2n) is 5.91. The molecule has 0 fully saturated rings. The Hall–Kier alpha value is -1.05. The lowest BCUT2D eigenvalue weighted by molar-refractivity contribution is -0.148. The zero-order valence-corrected chi connectivity index (χ0v) is 12.2. The first-order valence-electron chi connectivity index (χ1n) is 6.79. The SMILES string of the molecule is C=C(C)CCCC1(C)CCC=C(C)C1C(=O)OC. The molecule has 0 heterocycles. The first-order chi connectivity index (χ1) is 8.40. The molecule has 2 heteroatoms. The molecule has 0 aromatic rings. The van der Waals surface area contributed by atoms with Crippen LogP contribution in [0, 0.1) is 11.3 Å². The molecule has 0 N–H and O–H groups in total. The average molecular weight is 250 g/mol. The van der Waals surface area contributed by atoms with E-state index in [0.717, 1.165) is 32.1 Å². The summed E-state index contributed by atoms with van der Waals surface area (Å²) in [6, 6.07) is 0. The molecule has 0 saturated carbocycles. The van der Waals surface area contributed by atoms with Crippen LogP contribution in [0.15, 0.2) is 23.8 Å². The molecule has 0 radical (unpaired) electrons. The van der Waals surface area contributed by atoms with Crippen molar-refractivity contribution < 1.29 is 9.53 Å². The van der Waals surface area contributed by atoms with Crippen molar-refractivity contribution in [1.82, 2.24) is 0 Å². The fourth-order valence-electron chi connectivity index (χ4n) is 3.09. The largest absolute Gasteiger partial charge is 0.469 e. The Kier molecular flexibility index (Phi) is 5.18. The molecule has 0 aromatic heterocycles. The second kappa shape index (κ2) is 6.21. The van der Waals surface area contributed by atoms with Crippen LogP contribution in [0.5, 0.6) is 0 Å². The summed E-state index contributed by atoms with van der Waals surface area (Å²) in [5, 5.41) is 0. The smallest absolute Gasteiger partial charge is 0.313 e. The summed E-state index contributed by atoms with van der Waals surface area (Å²) in [6.45, 7) is 10.3. The number of rotatable bonds is 5. The molecule has 0 saturated heterocycles. The molecular formula is C16H26O2. The van der Waals surface area contributed by atoms with Crippen LogP contribution in [-0.4, -0.2) is 13.1 Å². The summed E-state index contributed by atoms with van der Waals surface area (Å²) in [7, 11) is 1.48. The van der Waals surface area contributed by atoms with Crippen molar-refractivity contribution in [3.63, 3.8) is 0 Å². The Morgan fingerprint density at radius 2 is 2.28 bits per heavy atom. The lowest BCUT2D eigenvalue weighted by atomic mass is 9.65. The van der Waals surface area contributed by atoms with Gasteiger partial charge in [-0.3, -0.25) is 4.79 Å². The minimum atomic E-state index is -0.0822. The van der Waals surface area contributed by atoms with E-state index in [0.29, 0.717) is 0 Å². The normalized spacial score (nSPS) is 27.6. The predicted molar refractivity (Wildman–Crippen MR) is 75.3 cm³/mol. The standard InChI is InChI=1S/C16H26O2/c1-12(2)8-6-10-16(4)11-7-9-13(3)14(16)15(17)18-5/h9,14H,1,6-8,10-11H2,2-5H3. The number of methoxy groups -OCH3 is 1. The third-order valence-electron chi connectivity index (χ3n) is 4.12. The maximum absolute atomic E-state index is 12.0. The van der Waals surface area contributed by atoms with Crippen LogP contribution >= 0.6 is 0 Å². The molecule has 18 heavy (non-hydrogen) atoms. The monoisotopic (exact) mass is 250 g/mol. The van der Waals surface area contributed by atoms with Gasteiger partial charge in [0.2, 0.25) is 0 Å². The topological polar surface area (TPSA) is 26.3 Å². The van der Waals surface area contributed by atoms with E-state index in [1.165, 1.54) is 18.3 Å². The van der Waals surface area contributed by atoms with Gasteiger partial charge in [-0.2, -0.15) is 0 Å². The van der Waals surface area contributed by atoms with Crippen LogP contribution in [0.4, 0.5) is 0 Å². The summed E-state index contributed by atoms with van der Waals surface area (Å²) in [5.41, 5.74) is 2.43. The van der Waals surface area contributed by atoms with Gasteiger partial charge in [-0.15, -0.1) is 6.58 Å². The van der Waals surface area contributed by atoms with Crippen molar-refractivity contribution >= 4 is 5.97 Å². The quantitative estimate of drug-likeness (QED) is 0.538. The maximum Gasteiger partial charge on any atom is 0.313 e. The summed E-state index contributed by atoms with van der Waals surface area (Å²) >= 11 is 0. The van der Waals surface area contributed by atoms with Crippen molar-refractivity contribution in [1.29, 1.82) is 0 Å². The van der Waals surface area contributed by atoms with Crippen LogP contribution < -0.4 is 0 Å². The molecule has 0 bridgehead atoms. The number of esters is 1. The van der Waals surface area contributed by atoms with Crippen molar-refractivity contribution in [3.05, 3.63) is 23.8 Å². The Morgan fingerprint density at radius 1 is 1.61 bits per heavy atom. The Morgan fingerprint density at radius 3 is 2.83 bits per heavy atom. The van der Waals surface area contributed by atoms with Gasteiger partial charge in [-0.05, 0) is 51.4 Å². The second-order valence-corrected chi connectivity index (χ2v) is 5.91. The van der Waals surface area contributed by atoms with Gasteiger partial charge in [0.15, 0.2) is 0 Å². The van der Waals surface area contributed by atoms with E-state index in [4.69, 9.17) is 4.74 Å². The fourth-order valence-corrected chi connectivity index (χ4v) is 3.09. The van der Waals surface area contributed by atoms with E-state index in [2.05, 4.69) is 33.4 Å². The molecule has 0 aromatic carbocycles. The molecule has 2 atom stereocenters. The van der Waals surface area contributed by atoms with E-state index in [-0.39, 0.29) is 17.3 Å². The third kappa shape index (κ3) is 3.47. The van der Waals surface area contributed by atoms with Gasteiger partial charge in [-0.25, -0.2) is 0 Å². The number of allylic oxidation sites excluding steroid dienone is 2. The van der Waals surface area contributed by atoms with Gasteiger partial charge in [-0.1, -0.05) is 24.1 Å². The number of carbonyl (C=O) groups is 1. The molecule has 1 rings (SSSR count). The van der Waals surface area contributed by atoms with E-state index in [1.807, 2.05) is 0 Å². The lowest BCUT2D eigenvalue weighted by Gasteiger charge is -2.39. The van der Waals surface area contributed by atoms with E-state index in [1.54, 1.807) is 0 Å². The number of hydrogen-bond donors (Lipinski definition) is 0. The maximum atomic E-state index is 12.0. The van der Waals surface area contributed by atoms with E-state index < -0.39 is 0 Å². The van der Waals surface area contributed by atoms with Crippen molar-refractivity contribution in [2.24, 2.45) is 11.3 Å². The molecule has 1 aliphatic rings. The van der Waals surface area contributed by atoms with E-state index >= 15 is 0 Å². The number of ether oxygens (including phenoxy) is 1. The molecular weight excluding hydrogens is 224 g/mol. The summed E-state index contributed by atoms with van der Waals surface area (Å²) in [6.07, 6.45) is 7.54. The van der Waals surface area contributed by atoms with Crippen LogP contribution in [0.25, 0.3) is 0 Å². The summed E-state index contributed by atoms with van der Waals surface area (Å²) < 4.78 is 4.99. The van der Waals surface area contributed by atoms with Crippen LogP contribution in [0.2, 0.25) is 0 Å². The lowest BCUT2D eigenvalue weighted by Crippen LogP contribution is -2.37. The Labute approximate surface area is 111 Å². The highest BCUT2D eigenvalue weighted by Crippen LogP contribution is 2.45. The molecule has 2 nitrogen and oxygen atoms in total. The molecule has 0 aliphatic heterocycles. The third-order valence-corrected chi connectivity index (χ3v) is 4.12. The van der Waals surface area contributed by atoms with Gasteiger partial charge in [0.1, 0.15) is 0 Å². The van der Waals surface area contributed by atoms with Crippen molar-refractivity contribution in [3.8, 4) is 0 Å². The summed E-state index contributed by atoms with van der Waals surface area (Å²) in [4.78, 5) is 12.0. The Balaban J connectivity index is 2.79. The minimum Gasteiger partial charge on any atom is -0.469 e. The fraction of sp³-hybridized carbons (Fsp3) is 0.688. The van der Waals surface area contributed by atoms with Crippen LogP contribution in [0.1, 0.15) is 52.9 Å². The highest BCUT2D eigenvalue weighted by Gasteiger charge is 2.41. The first-order valence-corrected chi connectivity index (χ1v) is 6.79. The van der Waals surface area contributed by atoms with Gasteiger partial charge < -0.3 is 4.74 Å². The molecule has 102 valence electrons. The van der Waals surface area contributed by atoms with Crippen LogP contribution in [0.3, 0.4) is 0 Å². The molecule has 0 spiro atoms. The molecule has 2 unspecified atom stereocenters. The van der Waals surface area contributed by atoms with Crippen molar-refractivity contribution in [2.45, 2.75) is 52.9 Å². The number of hydrogen-bond acceptors (Lipinski definition) is 2.